The molecule has 3 atom stereocenters. The second-order valence-corrected chi connectivity index (χ2v) is 10.3. The maximum atomic E-state index is 11.7. The molecular weight excluding hydrogens is 466 g/mol. The highest BCUT2D eigenvalue weighted by molar-refractivity contribution is 6.12. The Bertz CT molecular complexity index is 1680. The van der Waals surface area contributed by atoms with Crippen LogP contribution in [0.1, 0.15) is 43.6 Å². The number of benzene rings is 1. The molecule has 4 aromatic heterocycles. The summed E-state index contributed by atoms with van der Waals surface area (Å²) in [6.07, 6.45) is 9.98. The molecule has 4 heterocycles. The van der Waals surface area contributed by atoms with Gasteiger partial charge in [-0.2, -0.15) is 0 Å². The molecule has 2 aliphatic carbocycles. The Morgan fingerprint density at radius 2 is 1.95 bits per heavy atom. The van der Waals surface area contributed by atoms with E-state index < -0.39 is 11.9 Å². The van der Waals surface area contributed by atoms with Crippen LogP contribution in [-0.4, -0.2) is 48.1 Å². The molecule has 37 heavy (non-hydrogen) atoms. The first-order chi connectivity index (χ1) is 18.1. The number of para-hydroxylation sites is 1. The molecule has 0 amide bonds. The summed E-state index contributed by atoms with van der Waals surface area (Å²) in [4.78, 5) is 34.3. The van der Waals surface area contributed by atoms with E-state index in [0.717, 1.165) is 62.6 Å². The largest absolute Gasteiger partial charge is 0.481 e. The number of nitrogens with zero attached hydrogens (tertiary/aromatic N) is 4. The lowest BCUT2D eigenvalue weighted by Crippen LogP contribution is -2.30. The summed E-state index contributed by atoms with van der Waals surface area (Å²) in [6.45, 7) is 0. The summed E-state index contributed by atoms with van der Waals surface area (Å²) in [7, 11) is 0. The Morgan fingerprint density at radius 3 is 2.73 bits per heavy atom. The van der Waals surface area contributed by atoms with Crippen molar-refractivity contribution < 1.29 is 9.90 Å². The standard InChI is InChI=1S/C28H27N7O2/c29-20-11-15(10-18(20)28(36)37)32-27-24-19(14-4-3-5-14)12-30-13-22(24)34-25(35-27)17-8-9-31-26-23(17)16-6-1-2-7-21(16)33-26/h1-2,6-9,12-15,18,20H,3-5,10-11,29H2,(H,31,33)(H,36,37)(H,32,34,35). The summed E-state index contributed by atoms with van der Waals surface area (Å²) in [5.74, 6) is 0.325. The fraction of sp³-hybridized carbons (Fsp3) is 0.321. The Balaban J connectivity index is 1.41. The van der Waals surface area contributed by atoms with E-state index in [2.05, 4.69) is 26.3 Å². The van der Waals surface area contributed by atoms with Gasteiger partial charge < -0.3 is 21.1 Å². The molecule has 186 valence electrons. The van der Waals surface area contributed by atoms with Crippen LogP contribution in [0, 0.1) is 5.92 Å². The third kappa shape index (κ3) is 3.61. The highest BCUT2D eigenvalue weighted by atomic mass is 16.4. The fourth-order valence-electron chi connectivity index (χ4n) is 5.98. The number of aromatic amines is 1. The van der Waals surface area contributed by atoms with Crippen LogP contribution in [0.15, 0.2) is 48.9 Å². The number of aromatic nitrogens is 5. The molecule has 2 aliphatic rings. The minimum atomic E-state index is -0.845. The van der Waals surface area contributed by atoms with Crippen LogP contribution in [-0.2, 0) is 4.79 Å². The highest BCUT2D eigenvalue weighted by Crippen LogP contribution is 2.42. The fourth-order valence-corrected chi connectivity index (χ4v) is 5.98. The van der Waals surface area contributed by atoms with Crippen LogP contribution in [0.2, 0.25) is 0 Å². The lowest BCUT2D eigenvalue weighted by Gasteiger charge is -2.27. The molecule has 2 fully saturated rings. The third-order valence-electron chi connectivity index (χ3n) is 8.09. The number of hydrogen-bond donors (Lipinski definition) is 4. The van der Waals surface area contributed by atoms with Crippen molar-refractivity contribution in [1.29, 1.82) is 0 Å². The van der Waals surface area contributed by atoms with E-state index in [1.54, 1.807) is 12.4 Å². The first-order valence-electron chi connectivity index (χ1n) is 12.8. The highest BCUT2D eigenvalue weighted by Gasteiger charge is 2.37. The van der Waals surface area contributed by atoms with Gasteiger partial charge in [-0.15, -0.1) is 0 Å². The molecule has 0 bridgehead atoms. The average Bonchev–Trinajstić information content (AvgIpc) is 3.42. The first-order valence-corrected chi connectivity index (χ1v) is 12.8. The molecule has 0 radical (unpaired) electrons. The van der Waals surface area contributed by atoms with Gasteiger partial charge >= 0.3 is 5.97 Å². The Labute approximate surface area is 212 Å². The van der Waals surface area contributed by atoms with E-state index in [1.807, 2.05) is 30.5 Å². The van der Waals surface area contributed by atoms with Crippen LogP contribution in [0.4, 0.5) is 5.82 Å². The van der Waals surface area contributed by atoms with Gasteiger partial charge in [0.2, 0.25) is 0 Å². The molecule has 7 rings (SSSR count). The van der Waals surface area contributed by atoms with E-state index in [4.69, 9.17) is 15.7 Å². The van der Waals surface area contributed by atoms with Gasteiger partial charge in [-0.1, -0.05) is 24.6 Å². The van der Waals surface area contributed by atoms with Crippen LogP contribution < -0.4 is 11.1 Å². The first kappa shape index (κ1) is 22.1. The summed E-state index contributed by atoms with van der Waals surface area (Å²) in [6, 6.07) is 9.58. The molecule has 3 unspecified atom stereocenters. The number of nitrogens with two attached hydrogens (primary N) is 1. The zero-order valence-corrected chi connectivity index (χ0v) is 20.2. The van der Waals surface area contributed by atoms with Gasteiger partial charge in [0.25, 0.3) is 0 Å². The van der Waals surface area contributed by atoms with Crippen molar-refractivity contribution >= 4 is 44.6 Å². The van der Waals surface area contributed by atoms with Crippen molar-refractivity contribution in [3.63, 3.8) is 0 Å². The maximum absolute atomic E-state index is 11.7. The van der Waals surface area contributed by atoms with Crippen LogP contribution in [0.25, 0.3) is 44.2 Å². The number of carboxylic acids is 1. The second-order valence-electron chi connectivity index (χ2n) is 10.3. The SMILES string of the molecule is NC1CC(Nc2nc(-c3ccnc4[nH]c5ccccc5c34)nc3cncc(C4CCC4)c23)CC1C(=O)O. The zero-order valence-electron chi connectivity index (χ0n) is 20.2. The maximum Gasteiger partial charge on any atom is 0.308 e. The van der Waals surface area contributed by atoms with Crippen molar-refractivity contribution in [2.24, 2.45) is 11.7 Å². The van der Waals surface area contributed by atoms with Crippen molar-refractivity contribution in [2.45, 2.75) is 50.1 Å². The molecule has 2 saturated carbocycles. The predicted molar refractivity (Wildman–Crippen MR) is 142 cm³/mol. The average molecular weight is 494 g/mol. The van der Waals surface area contributed by atoms with Gasteiger partial charge in [0.15, 0.2) is 5.82 Å². The number of carboxylic acid groups (broad SMARTS) is 1. The lowest BCUT2D eigenvalue weighted by atomic mass is 9.79. The molecule has 5 N–H and O–H groups in total. The zero-order chi connectivity index (χ0) is 25.1. The molecule has 9 heteroatoms. The summed E-state index contributed by atoms with van der Waals surface area (Å²) in [5, 5.41) is 16.2. The number of pyridine rings is 2. The van der Waals surface area contributed by atoms with E-state index in [9.17, 15) is 9.90 Å². The van der Waals surface area contributed by atoms with Gasteiger partial charge in [0, 0.05) is 51.7 Å². The molecule has 0 spiro atoms. The topological polar surface area (TPSA) is 143 Å². The number of carbonyl (C=O) groups is 1. The number of fused-ring (bicyclic) bond motifs is 4. The molecule has 0 aliphatic heterocycles. The van der Waals surface area contributed by atoms with Crippen LogP contribution in [0.5, 0.6) is 0 Å². The Morgan fingerprint density at radius 1 is 1.08 bits per heavy atom. The molecule has 1 aromatic carbocycles. The van der Waals surface area contributed by atoms with Crippen molar-refractivity contribution in [3.8, 4) is 11.4 Å². The molecular formula is C28H27N7O2. The van der Waals surface area contributed by atoms with Crippen LogP contribution in [0.3, 0.4) is 0 Å². The van der Waals surface area contributed by atoms with Crippen molar-refractivity contribution in [3.05, 3.63) is 54.5 Å². The van der Waals surface area contributed by atoms with E-state index in [-0.39, 0.29) is 12.1 Å². The predicted octanol–water partition coefficient (Wildman–Crippen LogP) is 4.59. The van der Waals surface area contributed by atoms with Crippen molar-refractivity contribution in [1.82, 2.24) is 24.9 Å². The summed E-state index contributed by atoms with van der Waals surface area (Å²) in [5.41, 5.74) is 10.8. The Kier molecular flexibility index (Phi) is 5.07. The summed E-state index contributed by atoms with van der Waals surface area (Å²) >= 11 is 0. The third-order valence-corrected chi connectivity index (χ3v) is 8.09. The number of aliphatic carboxylic acids is 1. The number of anilines is 1. The number of nitrogens with one attached hydrogen (secondary N) is 2. The van der Waals surface area contributed by atoms with Crippen LogP contribution >= 0.6 is 0 Å². The van der Waals surface area contributed by atoms with Gasteiger partial charge in [-0.25, -0.2) is 15.0 Å². The van der Waals surface area contributed by atoms with Crippen molar-refractivity contribution in [2.75, 3.05) is 5.32 Å². The number of H-pyrrole nitrogens is 1. The number of rotatable bonds is 5. The lowest BCUT2D eigenvalue weighted by molar-refractivity contribution is -0.141. The van der Waals surface area contributed by atoms with E-state index in [1.165, 1.54) is 6.42 Å². The van der Waals surface area contributed by atoms with E-state index in [0.29, 0.717) is 24.6 Å². The second kappa shape index (κ2) is 8.48. The Hall–Kier alpha value is -4.11. The van der Waals surface area contributed by atoms with Gasteiger partial charge in [0.05, 0.1) is 17.6 Å². The number of hydrogen-bond acceptors (Lipinski definition) is 7. The minimum Gasteiger partial charge on any atom is -0.481 e. The van der Waals surface area contributed by atoms with Gasteiger partial charge in [-0.3, -0.25) is 9.78 Å². The summed E-state index contributed by atoms with van der Waals surface area (Å²) < 4.78 is 0. The molecule has 0 saturated heterocycles. The quantitative estimate of drug-likeness (QED) is 0.278. The van der Waals surface area contributed by atoms with E-state index >= 15 is 0 Å². The smallest absolute Gasteiger partial charge is 0.308 e. The minimum absolute atomic E-state index is 0.0880. The normalized spacial score (nSPS) is 22.0. The molecule has 9 nitrogen and oxygen atoms in total. The molecule has 5 aromatic rings. The van der Waals surface area contributed by atoms with Gasteiger partial charge in [-0.05, 0) is 49.3 Å². The monoisotopic (exact) mass is 493 g/mol. The van der Waals surface area contributed by atoms with Gasteiger partial charge in [0.1, 0.15) is 11.5 Å².